The van der Waals surface area contributed by atoms with Crippen LogP contribution in [0.3, 0.4) is 0 Å². The lowest BCUT2D eigenvalue weighted by Crippen LogP contribution is -2.36. The zero-order valence-electron chi connectivity index (χ0n) is 13.7. The van der Waals surface area contributed by atoms with Gasteiger partial charge in [0, 0.05) is 28.8 Å². The fourth-order valence-corrected chi connectivity index (χ4v) is 5.17. The van der Waals surface area contributed by atoms with Gasteiger partial charge in [0.05, 0.1) is 0 Å². The normalized spacial score (nSPS) is 21.8. The van der Waals surface area contributed by atoms with Crippen LogP contribution in [-0.2, 0) is 0 Å². The summed E-state index contributed by atoms with van der Waals surface area (Å²) < 4.78 is 13.1. The molecule has 4 heteroatoms. The Labute approximate surface area is 147 Å². The van der Waals surface area contributed by atoms with E-state index in [0.29, 0.717) is 11.8 Å². The third kappa shape index (κ3) is 3.31. The molecule has 1 atom stereocenters. The fraction of sp³-hybridized carbons (Fsp3) is 0.400. The predicted octanol–water partition coefficient (Wildman–Crippen LogP) is 4.48. The average molecular weight is 342 g/mol. The van der Waals surface area contributed by atoms with Crippen LogP contribution in [0.25, 0.3) is 0 Å². The van der Waals surface area contributed by atoms with Gasteiger partial charge in [-0.1, -0.05) is 12.1 Å². The second kappa shape index (κ2) is 6.77. The number of nitrogen functional groups attached to an aromatic ring is 1. The van der Waals surface area contributed by atoms with Crippen molar-refractivity contribution in [2.75, 3.05) is 31.1 Å². The van der Waals surface area contributed by atoms with E-state index in [1.165, 1.54) is 16.0 Å². The van der Waals surface area contributed by atoms with Crippen molar-refractivity contribution < 1.29 is 4.39 Å². The van der Waals surface area contributed by atoms with E-state index in [2.05, 4.69) is 17.0 Å². The van der Waals surface area contributed by atoms with Gasteiger partial charge in [0.1, 0.15) is 5.82 Å². The fourth-order valence-electron chi connectivity index (χ4n) is 3.94. The van der Waals surface area contributed by atoms with E-state index in [0.717, 1.165) is 43.9 Å². The van der Waals surface area contributed by atoms with Crippen LogP contribution in [0.15, 0.2) is 47.4 Å². The Morgan fingerprint density at radius 1 is 1.08 bits per heavy atom. The van der Waals surface area contributed by atoms with Crippen molar-refractivity contribution in [3.63, 3.8) is 0 Å². The molecule has 0 bridgehead atoms. The molecule has 2 nitrogen and oxygen atoms in total. The molecule has 0 aromatic heterocycles. The van der Waals surface area contributed by atoms with Crippen LogP contribution in [-0.4, -0.2) is 30.3 Å². The van der Waals surface area contributed by atoms with E-state index in [4.69, 9.17) is 5.73 Å². The number of nitrogens with two attached hydrogens (primary N) is 1. The van der Waals surface area contributed by atoms with Crippen LogP contribution in [0.1, 0.15) is 35.8 Å². The number of piperidine rings is 1. The lowest BCUT2D eigenvalue weighted by atomic mass is 9.89. The molecule has 126 valence electrons. The maximum atomic E-state index is 13.1. The van der Waals surface area contributed by atoms with Crippen molar-refractivity contribution in [3.05, 3.63) is 59.4 Å². The summed E-state index contributed by atoms with van der Waals surface area (Å²) in [5.41, 5.74) is 9.56. The molecule has 24 heavy (non-hydrogen) atoms. The molecule has 2 aromatic carbocycles. The van der Waals surface area contributed by atoms with E-state index in [1.54, 1.807) is 12.1 Å². The molecule has 1 saturated heterocycles. The van der Waals surface area contributed by atoms with E-state index < -0.39 is 0 Å². The van der Waals surface area contributed by atoms with Crippen LogP contribution in [0.5, 0.6) is 0 Å². The zero-order chi connectivity index (χ0) is 16.5. The number of rotatable bonds is 3. The SMILES string of the molecule is Nc1ccc2c(c1)C(CN1CCC(c3ccc(F)cc3)CC1)CS2. The van der Waals surface area contributed by atoms with Gasteiger partial charge in [-0.25, -0.2) is 4.39 Å². The number of nitrogens with zero attached hydrogens (tertiary/aromatic N) is 1. The van der Waals surface area contributed by atoms with Gasteiger partial charge in [-0.15, -0.1) is 11.8 Å². The number of likely N-dealkylation sites (tertiary alicyclic amines) is 1. The number of hydrogen-bond donors (Lipinski definition) is 1. The highest BCUT2D eigenvalue weighted by molar-refractivity contribution is 7.99. The van der Waals surface area contributed by atoms with Crippen LogP contribution in [0, 0.1) is 5.82 Å². The summed E-state index contributed by atoms with van der Waals surface area (Å²) in [6.07, 6.45) is 2.32. The van der Waals surface area contributed by atoms with Gasteiger partial charge in [-0.2, -0.15) is 0 Å². The minimum absolute atomic E-state index is 0.146. The van der Waals surface area contributed by atoms with Crippen molar-refractivity contribution in [3.8, 4) is 0 Å². The number of anilines is 1. The molecule has 0 aliphatic carbocycles. The van der Waals surface area contributed by atoms with Crippen LogP contribution < -0.4 is 5.73 Å². The van der Waals surface area contributed by atoms with Gasteiger partial charge < -0.3 is 10.6 Å². The Balaban J connectivity index is 1.36. The van der Waals surface area contributed by atoms with Gasteiger partial charge in [0.25, 0.3) is 0 Å². The Morgan fingerprint density at radius 2 is 1.83 bits per heavy atom. The van der Waals surface area contributed by atoms with Gasteiger partial charge in [-0.05, 0) is 73.3 Å². The summed E-state index contributed by atoms with van der Waals surface area (Å²) in [4.78, 5) is 3.99. The topological polar surface area (TPSA) is 29.3 Å². The summed E-state index contributed by atoms with van der Waals surface area (Å²) in [6.45, 7) is 3.38. The van der Waals surface area contributed by atoms with E-state index in [1.807, 2.05) is 30.0 Å². The van der Waals surface area contributed by atoms with Gasteiger partial charge in [0.2, 0.25) is 0 Å². The molecule has 0 spiro atoms. The number of thioether (sulfide) groups is 1. The summed E-state index contributed by atoms with van der Waals surface area (Å²) in [6, 6.07) is 13.4. The molecule has 2 aromatic rings. The van der Waals surface area contributed by atoms with Crippen LogP contribution in [0.4, 0.5) is 10.1 Å². The summed E-state index contributed by atoms with van der Waals surface area (Å²) >= 11 is 1.95. The van der Waals surface area contributed by atoms with E-state index in [9.17, 15) is 4.39 Å². The first-order valence-corrected chi connectivity index (χ1v) is 9.67. The number of fused-ring (bicyclic) bond motifs is 1. The van der Waals surface area contributed by atoms with Crippen molar-refractivity contribution in [1.29, 1.82) is 0 Å². The Hall–Kier alpha value is -1.52. The van der Waals surface area contributed by atoms with Crippen molar-refractivity contribution in [2.24, 2.45) is 0 Å². The van der Waals surface area contributed by atoms with Gasteiger partial charge in [-0.3, -0.25) is 0 Å². The molecular weight excluding hydrogens is 319 g/mol. The maximum absolute atomic E-state index is 13.1. The summed E-state index contributed by atoms with van der Waals surface area (Å²) in [5, 5.41) is 0. The number of benzene rings is 2. The highest BCUT2D eigenvalue weighted by Gasteiger charge is 2.27. The highest BCUT2D eigenvalue weighted by atomic mass is 32.2. The molecule has 2 aliphatic heterocycles. The molecule has 2 aliphatic rings. The summed E-state index contributed by atoms with van der Waals surface area (Å²) in [7, 11) is 0. The third-order valence-corrected chi connectivity index (χ3v) is 6.57. The highest BCUT2D eigenvalue weighted by Crippen LogP contribution is 2.41. The minimum atomic E-state index is -0.146. The monoisotopic (exact) mass is 342 g/mol. The van der Waals surface area contributed by atoms with E-state index in [-0.39, 0.29) is 5.82 Å². The third-order valence-electron chi connectivity index (χ3n) is 5.32. The van der Waals surface area contributed by atoms with Crippen LogP contribution >= 0.6 is 11.8 Å². The minimum Gasteiger partial charge on any atom is -0.399 e. The molecule has 1 unspecified atom stereocenters. The van der Waals surface area contributed by atoms with Crippen molar-refractivity contribution in [1.82, 2.24) is 4.90 Å². The molecule has 4 rings (SSSR count). The predicted molar refractivity (Wildman–Crippen MR) is 99.1 cm³/mol. The van der Waals surface area contributed by atoms with Crippen molar-refractivity contribution >= 4 is 17.4 Å². The van der Waals surface area contributed by atoms with Gasteiger partial charge >= 0.3 is 0 Å². The second-order valence-electron chi connectivity index (χ2n) is 6.93. The lowest BCUT2D eigenvalue weighted by Gasteiger charge is -2.33. The van der Waals surface area contributed by atoms with Crippen molar-refractivity contribution in [2.45, 2.75) is 29.6 Å². The first-order valence-electron chi connectivity index (χ1n) is 8.69. The molecule has 0 amide bonds. The molecule has 2 heterocycles. The first-order chi connectivity index (χ1) is 11.7. The largest absolute Gasteiger partial charge is 0.399 e. The molecule has 1 fully saturated rings. The number of hydrogen-bond acceptors (Lipinski definition) is 3. The first kappa shape index (κ1) is 16.0. The zero-order valence-corrected chi connectivity index (χ0v) is 14.6. The average Bonchev–Trinajstić information content (AvgIpc) is 2.98. The molecule has 0 saturated carbocycles. The number of halogens is 1. The Bertz CT molecular complexity index is 708. The maximum Gasteiger partial charge on any atom is 0.123 e. The Kier molecular flexibility index (Phi) is 4.51. The molecular formula is C20H23FN2S. The molecule has 0 radical (unpaired) electrons. The Morgan fingerprint density at radius 3 is 2.58 bits per heavy atom. The smallest absolute Gasteiger partial charge is 0.123 e. The van der Waals surface area contributed by atoms with E-state index >= 15 is 0 Å². The standard InChI is InChI=1S/C20H23FN2S/c21-17-3-1-14(2-4-17)15-7-9-23(10-8-15)12-16-13-24-20-6-5-18(22)11-19(16)20/h1-6,11,15-16H,7-10,12-13,22H2. The van der Waals surface area contributed by atoms with Crippen LogP contribution in [0.2, 0.25) is 0 Å². The second-order valence-corrected chi connectivity index (χ2v) is 7.99. The molecule has 2 N–H and O–H groups in total. The van der Waals surface area contributed by atoms with Gasteiger partial charge in [0.15, 0.2) is 0 Å². The summed E-state index contributed by atoms with van der Waals surface area (Å²) in [5.74, 6) is 2.18. The quantitative estimate of drug-likeness (QED) is 0.834. The lowest BCUT2D eigenvalue weighted by molar-refractivity contribution is 0.204.